The molecule has 0 aromatic carbocycles. The summed E-state index contributed by atoms with van der Waals surface area (Å²) in [6.45, 7) is 8.07. The van der Waals surface area contributed by atoms with Crippen molar-refractivity contribution in [3.05, 3.63) is 23.5 Å². The van der Waals surface area contributed by atoms with E-state index in [0.29, 0.717) is 0 Å². The molecule has 8 heteroatoms. The van der Waals surface area contributed by atoms with Crippen LogP contribution >= 0.6 is 0 Å². The Bertz CT molecular complexity index is 914. The van der Waals surface area contributed by atoms with Crippen LogP contribution in [0.2, 0.25) is 0 Å². The van der Waals surface area contributed by atoms with Gasteiger partial charge in [0.15, 0.2) is 5.65 Å². The quantitative estimate of drug-likeness (QED) is 0.672. The van der Waals surface area contributed by atoms with Gasteiger partial charge in [-0.25, -0.2) is 4.98 Å². The lowest BCUT2D eigenvalue weighted by atomic mass is 9.97. The molecule has 2 fully saturated rings. The van der Waals surface area contributed by atoms with Crippen LogP contribution in [0.1, 0.15) is 36.9 Å². The molecule has 2 aromatic heterocycles. The highest BCUT2D eigenvalue weighted by molar-refractivity contribution is 5.82. The van der Waals surface area contributed by atoms with Gasteiger partial charge in [-0.15, -0.1) is 0 Å². The lowest BCUT2D eigenvalue weighted by Crippen LogP contribution is -2.54. The lowest BCUT2D eigenvalue weighted by molar-refractivity contribution is -0.125. The maximum atomic E-state index is 12.6. The molecule has 3 aliphatic heterocycles. The molecule has 1 amide bonds. The van der Waals surface area contributed by atoms with E-state index in [1.165, 1.54) is 50.2 Å². The third-order valence-corrected chi connectivity index (χ3v) is 7.12. The second-order valence-corrected chi connectivity index (χ2v) is 9.41. The Morgan fingerprint density at radius 2 is 1.94 bits per heavy atom. The van der Waals surface area contributed by atoms with E-state index in [1.54, 1.807) is 0 Å². The maximum absolute atomic E-state index is 12.6. The van der Waals surface area contributed by atoms with Crippen molar-refractivity contribution in [3.63, 3.8) is 0 Å². The van der Waals surface area contributed by atoms with Crippen molar-refractivity contribution in [2.45, 2.75) is 38.5 Å². The first kappa shape index (κ1) is 20.7. The lowest BCUT2D eigenvalue weighted by Gasteiger charge is -2.41. The summed E-state index contributed by atoms with van der Waals surface area (Å²) < 4.78 is 1.97. The number of amides is 1. The van der Waals surface area contributed by atoms with Gasteiger partial charge in [0.05, 0.1) is 17.8 Å². The van der Waals surface area contributed by atoms with Gasteiger partial charge in [0.2, 0.25) is 5.91 Å². The predicted octanol–water partition coefficient (Wildman–Crippen LogP) is 1.19. The number of hydrogen-bond acceptors (Lipinski definition) is 6. The number of rotatable bonds is 7. The summed E-state index contributed by atoms with van der Waals surface area (Å²) in [5.74, 6) is 1.42. The minimum atomic E-state index is 0.0708. The molecule has 0 atom stereocenters. The molecular formula is C23H35N7O. The second kappa shape index (κ2) is 9.12. The van der Waals surface area contributed by atoms with Gasteiger partial charge in [0.25, 0.3) is 0 Å². The number of fused-ring (bicyclic) bond motifs is 2. The van der Waals surface area contributed by atoms with Crippen molar-refractivity contribution in [2.24, 2.45) is 5.92 Å². The van der Waals surface area contributed by atoms with E-state index in [9.17, 15) is 4.79 Å². The molecule has 31 heavy (non-hydrogen) atoms. The molecular weight excluding hydrogens is 390 g/mol. The summed E-state index contributed by atoms with van der Waals surface area (Å²) in [5, 5.41) is 7.71. The van der Waals surface area contributed by atoms with Gasteiger partial charge in [0, 0.05) is 50.8 Å². The van der Waals surface area contributed by atoms with Crippen molar-refractivity contribution in [1.82, 2.24) is 29.7 Å². The fourth-order valence-corrected chi connectivity index (χ4v) is 5.15. The molecule has 2 saturated heterocycles. The number of nitrogens with one attached hydrogen (secondary N) is 1. The molecule has 5 heterocycles. The molecule has 2 aromatic rings. The SMILES string of the molecule is CN1CCc2nc3ccnn3c(N3CC(C(=O)NCCCCN4CCCC4)C3)c2CC1. The molecule has 5 rings (SSSR count). The average molecular weight is 426 g/mol. The van der Waals surface area contributed by atoms with Crippen LogP contribution in [0.15, 0.2) is 12.3 Å². The van der Waals surface area contributed by atoms with Gasteiger partial charge >= 0.3 is 0 Å². The zero-order valence-corrected chi connectivity index (χ0v) is 18.7. The first-order valence-electron chi connectivity index (χ1n) is 12.0. The molecule has 3 aliphatic rings. The van der Waals surface area contributed by atoms with Crippen molar-refractivity contribution in [2.75, 3.05) is 64.3 Å². The van der Waals surface area contributed by atoms with Crippen LogP contribution < -0.4 is 10.2 Å². The van der Waals surface area contributed by atoms with Gasteiger partial charge in [-0.1, -0.05) is 0 Å². The summed E-state index contributed by atoms with van der Waals surface area (Å²) in [6, 6.07) is 1.98. The van der Waals surface area contributed by atoms with Crippen LogP contribution in [0.3, 0.4) is 0 Å². The Hall–Kier alpha value is -2.19. The van der Waals surface area contributed by atoms with Crippen molar-refractivity contribution in [3.8, 4) is 0 Å². The highest BCUT2D eigenvalue weighted by Crippen LogP contribution is 2.32. The van der Waals surface area contributed by atoms with E-state index in [-0.39, 0.29) is 11.8 Å². The van der Waals surface area contributed by atoms with Gasteiger partial charge in [-0.05, 0) is 58.8 Å². The Balaban J connectivity index is 1.17. The minimum absolute atomic E-state index is 0.0708. The average Bonchev–Trinajstić information content (AvgIpc) is 3.37. The van der Waals surface area contributed by atoms with Crippen LogP contribution in [0, 0.1) is 5.92 Å². The topological polar surface area (TPSA) is 69.0 Å². The van der Waals surface area contributed by atoms with E-state index in [2.05, 4.69) is 32.2 Å². The fraction of sp³-hybridized carbons (Fsp3) is 0.696. The number of carbonyl (C=O) groups is 1. The van der Waals surface area contributed by atoms with Crippen LogP contribution in [0.4, 0.5) is 5.82 Å². The summed E-state index contributed by atoms with van der Waals surface area (Å²) in [4.78, 5) is 24.7. The first-order valence-corrected chi connectivity index (χ1v) is 12.0. The number of aromatic nitrogens is 3. The maximum Gasteiger partial charge on any atom is 0.226 e. The Labute approximate surface area is 184 Å². The molecule has 0 bridgehead atoms. The van der Waals surface area contributed by atoms with Crippen LogP contribution in [0.25, 0.3) is 5.65 Å². The summed E-state index contributed by atoms with van der Waals surface area (Å²) in [7, 11) is 2.17. The molecule has 0 saturated carbocycles. The van der Waals surface area contributed by atoms with Gasteiger partial charge in [-0.3, -0.25) is 4.79 Å². The summed E-state index contributed by atoms with van der Waals surface area (Å²) >= 11 is 0. The smallest absolute Gasteiger partial charge is 0.226 e. The summed E-state index contributed by atoms with van der Waals surface area (Å²) in [5.41, 5.74) is 3.41. The van der Waals surface area contributed by atoms with Crippen molar-refractivity contribution in [1.29, 1.82) is 0 Å². The number of unbranched alkanes of at least 4 members (excludes halogenated alkanes) is 1. The normalized spacial score (nSPS) is 20.6. The number of likely N-dealkylation sites (tertiary alicyclic amines) is 1. The van der Waals surface area contributed by atoms with Gasteiger partial charge in [0.1, 0.15) is 5.82 Å². The van der Waals surface area contributed by atoms with Crippen LogP contribution in [0.5, 0.6) is 0 Å². The Kier molecular flexibility index (Phi) is 6.09. The van der Waals surface area contributed by atoms with Gasteiger partial charge in [-0.2, -0.15) is 9.61 Å². The molecule has 1 N–H and O–H groups in total. The molecule has 0 unspecified atom stereocenters. The minimum Gasteiger partial charge on any atom is -0.356 e. The first-order chi connectivity index (χ1) is 15.2. The molecule has 0 radical (unpaired) electrons. The number of anilines is 1. The highest BCUT2D eigenvalue weighted by Gasteiger charge is 2.36. The van der Waals surface area contributed by atoms with E-state index < -0.39 is 0 Å². The Morgan fingerprint density at radius 3 is 2.77 bits per heavy atom. The van der Waals surface area contributed by atoms with Crippen LogP contribution in [-0.4, -0.2) is 89.7 Å². The molecule has 0 aliphatic carbocycles. The number of likely N-dealkylation sites (N-methyl/N-ethyl adjacent to an activating group) is 1. The van der Waals surface area contributed by atoms with Gasteiger partial charge < -0.3 is 20.0 Å². The highest BCUT2D eigenvalue weighted by atomic mass is 16.2. The molecule has 8 nitrogen and oxygen atoms in total. The third kappa shape index (κ3) is 4.41. The predicted molar refractivity (Wildman–Crippen MR) is 122 cm³/mol. The standard InChI is InChI=1S/C23H35N7O/c1-27-14-7-19-20(8-15-27)26-21-6-10-25-30(21)23(19)29-16-18(17-29)22(31)24-9-2-3-11-28-12-4-5-13-28/h6,10,18H,2-5,7-9,11-17H2,1H3,(H,24,31). The molecule has 0 spiro atoms. The zero-order chi connectivity index (χ0) is 21.2. The third-order valence-electron chi connectivity index (χ3n) is 7.12. The van der Waals surface area contributed by atoms with Crippen molar-refractivity contribution < 1.29 is 4.79 Å². The number of carbonyl (C=O) groups excluding carboxylic acids is 1. The Morgan fingerprint density at radius 1 is 1.13 bits per heavy atom. The number of nitrogens with zero attached hydrogens (tertiary/aromatic N) is 6. The molecule has 168 valence electrons. The van der Waals surface area contributed by atoms with Crippen LogP contribution in [-0.2, 0) is 17.6 Å². The van der Waals surface area contributed by atoms with Crippen molar-refractivity contribution >= 4 is 17.4 Å². The second-order valence-electron chi connectivity index (χ2n) is 9.41. The van der Waals surface area contributed by atoms with E-state index in [4.69, 9.17) is 4.98 Å². The zero-order valence-electron chi connectivity index (χ0n) is 18.7. The monoisotopic (exact) mass is 425 g/mol. The van der Waals surface area contributed by atoms with E-state index in [0.717, 1.165) is 63.5 Å². The largest absolute Gasteiger partial charge is 0.356 e. The van der Waals surface area contributed by atoms with E-state index >= 15 is 0 Å². The van der Waals surface area contributed by atoms with E-state index in [1.807, 2.05) is 16.8 Å². The summed E-state index contributed by atoms with van der Waals surface area (Å²) in [6.07, 6.45) is 8.70. The number of hydrogen-bond donors (Lipinski definition) is 1. The fourth-order valence-electron chi connectivity index (χ4n) is 5.15.